The largest absolute Gasteiger partial charge is 0.417 e. The molecule has 1 aliphatic heterocycles. The smallest absolute Gasteiger partial charge is 0.355 e. The van der Waals surface area contributed by atoms with Crippen LogP contribution in [0.1, 0.15) is 18.4 Å². The molecule has 0 atom stereocenters. The molecule has 12 heteroatoms. The zero-order chi connectivity index (χ0) is 21.3. The lowest BCUT2D eigenvalue weighted by Crippen LogP contribution is -2.38. The van der Waals surface area contributed by atoms with E-state index in [2.05, 4.69) is 20.5 Å². The summed E-state index contributed by atoms with van der Waals surface area (Å²) in [5, 5.41) is 16.0. The number of nitrogens with zero attached hydrogens (tertiary/aromatic N) is 4. The number of carbonyl (C=O) groups excluding carboxylic acids is 1. The molecule has 3 aromatic heterocycles. The van der Waals surface area contributed by atoms with E-state index >= 15 is 0 Å². The number of anilines is 2. The van der Waals surface area contributed by atoms with Gasteiger partial charge in [0.1, 0.15) is 10.8 Å². The van der Waals surface area contributed by atoms with E-state index in [0.717, 1.165) is 22.8 Å². The number of alkyl halides is 3. The minimum Gasteiger partial charge on any atom is -0.355 e. The van der Waals surface area contributed by atoms with E-state index in [0.29, 0.717) is 36.9 Å². The Hall–Kier alpha value is -2.24. The van der Waals surface area contributed by atoms with Crippen molar-refractivity contribution < 1.29 is 18.0 Å². The van der Waals surface area contributed by atoms with E-state index in [1.165, 1.54) is 11.3 Å². The second kappa shape index (κ2) is 8.48. The lowest BCUT2D eigenvalue weighted by molar-refractivity contribution is -0.137. The molecule has 3 aromatic rings. The Kier molecular flexibility index (Phi) is 5.94. The number of piperidine rings is 1. The average molecular weight is 474 g/mol. The highest BCUT2D eigenvalue weighted by Crippen LogP contribution is 2.35. The highest BCUT2D eigenvalue weighted by molar-refractivity contribution is 7.19. The number of halogens is 4. The maximum atomic E-state index is 12.8. The molecule has 6 nitrogen and oxygen atoms in total. The molecule has 30 heavy (non-hydrogen) atoms. The minimum absolute atomic E-state index is 0.0532. The van der Waals surface area contributed by atoms with E-state index in [-0.39, 0.29) is 16.8 Å². The number of hydrogen-bond acceptors (Lipinski definition) is 7. The Balaban J connectivity index is 1.35. The number of hydrogen-bond donors (Lipinski definition) is 1. The quantitative estimate of drug-likeness (QED) is 0.564. The number of pyridine rings is 1. The average Bonchev–Trinajstić information content (AvgIpc) is 3.39. The summed E-state index contributed by atoms with van der Waals surface area (Å²) in [5.74, 6) is -0.0785. The number of carbonyl (C=O) groups is 1. The van der Waals surface area contributed by atoms with Gasteiger partial charge in [-0.05, 0) is 30.4 Å². The van der Waals surface area contributed by atoms with E-state index in [1.54, 1.807) is 16.2 Å². The maximum Gasteiger partial charge on any atom is 0.417 e. The molecule has 1 aliphatic rings. The Morgan fingerprint density at radius 1 is 1.27 bits per heavy atom. The number of nitrogens with one attached hydrogen (secondary N) is 1. The molecule has 0 bridgehead atoms. The highest BCUT2D eigenvalue weighted by atomic mass is 35.5. The lowest BCUT2D eigenvalue weighted by Gasteiger charge is -2.32. The van der Waals surface area contributed by atoms with Gasteiger partial charge in [-0.1, -0.05) is 22.9 Å². The van der Waals surface area contributed by atoms with Gasteiger partial charge in [-0.3, -0.25) is 4.79 Å². The molecular weight excluding hydrogens is 459 g/mol. The predicted octanol–water partition coefficient (Wildman–Crippen LogP) is 5.19. The van der Waals surface area contributed by atoms with Crippen LogP contribution in [0.2, 0.25) is 5.02 Å². The minimum atomic E-state index is -4.49. The maximum absolute atomic E-state index is 12.8. The van der Waals surface area contributed by atoms with E-state index < -0.39 is 11.7 Å². The standard InChI is InChI=1S/C18H15ClF3N5OS2/c19-13-7-12(18(20,21)22)8-23-14(13)27-4-1-10(2-5-27)15(28)24-17-26-25-16(30-17)11-3-6-29-9-11/h3,6-10H,1-2,4-5H2,(H,24,26,28). The van der Waals surface area contributed by atoms with Crippen LogP contribution < -0.4 is 10.2 Å². The van der Waals surface area contributed by atoms with Crippen molar-refractivity contribution in [3.63, 3.8) is 0 Å². The van der Waals surface area contributed by atoms with Crippen molar-refractivity contribution >= 4 is 51.1 Å². The normalized spacial score (nSPS) is 15.4. The van der Waals surface area contributed by atoms with Gasteiger partial charge in [0.05, 0.1) is 10.6 Å². The molecule has 0 aromatic carbocycles. The fourth-order valence-corrected chi connectivity index (χ4v) is 4.90. The molecule has 1 fully saturated rings. The molecular formula is C18H15ClF3N5OS2. The number of amides is 1. The molecule has 0 aliphatic carbocycles. The first kappa shape index (κ1) is 21.0. The van der Waals surface area contributed by atoms with Crippen LogP contribution in [-0.4, -0.2) is 34.2 Å². The van der Waals surface area contributed by atoms with Crippen molar-refractivity contribution in [2.75, 3.05) is 23.3 Å². The zero-order valence-electron chi connectivity index (χ0n) is 15.3. The van der Waals surface area contributed by atoms with Gasteiger partial charge in [0.2, 0.25) is 11.0 Å². The third kappa shape index (κ3) is 4.57. The van der Waals surface area contributed by atoms with Crippen molar-refractivity contribution in [3.8, 4) is 10.6 Å². The highest BCUT2D eigenvalue weighted by Gasteiger charge is 2.33. The monoisotopic (exact) mass is 473 g/mol. The van der Waals surface area contributed by atoms with E-state index in [9.17, 15) is 18.0 Å². The van der Waals surface area contributed by atoms with Gasteiger partial charge in [0.15, 0.2) is 0 Å². The Morgan fingerprint density at radius 3 is 2.67 bits per heavy atom. The first-order chi connectivity index (χ1) is 14.3. The van der Waals surface area contributed by atoms with Gasteiger partial charge in [-0.15, -0.1) is 10.2 Å². The number of aromatic nitrogens is 3. The lowest BCUT2D eigenvalue weighted by atomic mass is 9.96. The van der Waals surface area contributed by atoms with E-state index in [1.807, 2.05) is 16.8 Å². The first-order valence-electron chi connectivity index (χ1n) is 8.96. The van der Waals surface area contributed by atoms with Crippen molar-refractivity contribution in [2.45, 2.75) is 19.0 Å². The summed E-state index contributed by atoms with van der Waals surface area (Å²) < 4.78 is 38.3. The van der Waals surface area contributed by atoms with Crippen LogP contribution in [0.3, 0.4) is 0 Å². The second-order valence-corrected chi connectivity index (χ2v) is 8.87. The fourth-order valence-electron chi connectivity index (χ4n) is 3.16. The van der Waals surface area contributed by atoms with Crippen molar-refractivity contribution in [1.29, 1.82) is 0 Å². The van der Waals surface area contributed by atoms with Crippen LogP contribution >= 0.6 is 34.3 Å². The summed E-state index contributed by atoms with van der Waals surface area (Å²) in [6.07, 6.45) is -2.66. The third-order valence-electron chi connectivity index (χ3n) is 4.74. The van der Waals surface area contributed by atoms with Crippen LogP contribution in [0, 0.1) is 5.92 Å². The Bertz CT molecular complexity index is 1030. The molecule has 1 saturated heterocycles. The van der Waals surface area contributed by atoms with E-state index in [4.69, 9.17) is 11.6 Å². The Morgan fingerprint density at radius 2 is 2.03 bits per heavy atom. The predicted molar refractivity (Wildman–Crippen MR) is 111 cm³/mol. The molecule has 4 heterocycles. The van der Waals surface area contributed by atoms with Crippen LogP contribution in [0.25, 0.3) is 10.6 Å². The van der Waals surface area contributed by atoms with Gasteiger partial charge < -0.3 is 10.2 Å². The molecule has 4 rings (SSSR count). The van der Waals surface area contributed by atoms with Crippen LogP contribution in [0.5, 0.6) is 0 Å². The molecule has 158 valence electrons. The zero-order valence-corrected chi connectivity index (χ0v) is 17.7. The third-order valence-corrected chi connectivity index (χ3v) is 6.59. The molecule has 0 spiro atoms. The van der Waals surface area contributed by atoms with Crippen molar-refractivity contribution in [2.24, 2.45) is 5.92 Å². The molecule has 0 unspecified atom stereocenters. The van der Waals surface area contributed by atoms with Gasteiger partial charge in [0, 0.05) is 36.1 Å². The van der Waals surface area contributed by atoms with Gasteiger partial charge in [0.25, 0.3) is 0 Å². The molecule has 0 radical (unpaired) electrons. The summed E-state index contributed by atoms with van der Waals surface area (Å²) >= 11 is 8.89. The molecule has 1 amide bonds. The van der Waals surface area contributed by atoms with Gasteiger partial charge in [-0.25, -0.2) is 4.98 Å². The summed E-state index contributed by atoms with van der Waals surface area (Å²) in [7, 11) is 0. The summed E-state index contributed by atoms with van der Waals surface area (Å²) in [5.41, 5.74) is 0.0802. The first-order valence-corrected chi connectivity index (χ1v) is 11.1. The molecule has 1 N–H and O–H groups in total. The summed E-state index contributed by atoms with van der Waals surface area (Å²) in [6, 6.07) is 2.82. The Labute approximate surface area is 182 Å². The van der Waals surface area contributed by atoms with Crippen molar-refractivity contribution in [3.05, 3.63) is 39.7 Å². The SMILES string of the molecule is O=C(Nc1nnc(-c2ccsc2)s1)C1CCN(c2ncc(C(F)(F)F)cc2Cl)CC1. The summed E-state index contributed by atoms with van der Waals surface area (Å²) in [4.78, 5) is 18.3. The number of thiophene rings is 1. The topological polar surface area (TPSA) is 71.0 Å². The van der Waals surface area contributed by atoms with Crippen molar-refractivity contribution in [1.82, 2.24) is 15.2 Å². The summed E-state index contributed by atoms with van der Waals surface area (Å²) in [6.45, 7) is 0.929. The van der Waals surface area contributed by atoms with Gasteiger partial charge in [-0.2, -0.15) is 24.5 Å². The van der Waals surface area contributed by atoms with Crippen LogP contribution in [0.4, 0.5) is 24.1 Å². The van der Waals surface area contributed by atoms with Crippen LogP contribution in [0.15, 0.2) is 29.1 Å². The van der Waals surface area contributed by atoms with Gasteiger partial charge >= 0.3 is 6.18 Å². The van der Waals surface area contributed by atoms with Crippen LogP contribution in [-0.2, 0) is 11.0 Å². The molecule has 0 saturated carbocycles. The second-order valence-electron chi connectivity index (χ2n) is 6.70. The fraction of sp³-hybridized carbons (Fsp3) is 0.333. The number of rotatable bonds is 4.